The first-order valence-electron chi connectivity index (χ1n) is 12.1. The molecule has 2 aromatic rings. The van der Waals surface area contributed by atoms with Crippen LogP contribution in [-0.2, 0) is 0 Å². The van der Waals surface area contributed by atoms with Crippen molar-refractivity contribution in [2.45, 2.75) is 58.4 Å². The second-order valence-corrected chi connectivity index (χ2v) is 9.60. The highest BCUT2D eigenvalue weighted by Gasteiger charge is 2.25. The molecule has 182 valence electrons. The summed E-state index contributed by atoms with van der Waals surface area (Å²) in [7, 11) is 1.87. The predicted octanol–water partition coefficient (Wildman–Crippen LogP) is 5.64. The molecule has 0 saturated heterocycles. The second kappa shape index (κ2) is 12.5. The minimum absolute atomic E-state index is 0.0481. The van der Waals surface area contributed by atoms with Crippen LogP contribution >= 0.6 is 12.2 Å². The van der Waals surface area contributed by atoms with E-state index in [2.05, 4.69) is 24.5 Å². The minimum Gasteiger partial charge on any atom is -0.493 e. The Balaban J connectivity index is 1.66. The number of rotatable bonds is 8. The number of carbonyl (C=O) groups excluding carboxylic acids is 2. The molecule has 1 fully saturated rings. The molecule has 1 aliphatic carbocycles. The van der Waals surface area contributed by atoms with Gasteiger partial charge >= 0.3 is 0 Å². The van der Waals surface area contributed by atoms with Gasteiger partial charge in [-0.15, -0.1) is 0 Å². The van der Waals surface area contributed by atoms with Gasteiger partial charge in [0.05, 0.1) is 23.4 Å². The molecule has 34 heavy (non-hydrogen) atoms. The zero-order valence-corrected chi connectivity index (χ0v) is 21.1. The number of benzene rings is 2. The van der Waals surface area contributed by atoms with Gasteiger partial charge in [-0.05, 0) is 61.7 Å². The predicted molar refractivity (Wildman–Crippen MR) is 140 cm³/mol. The van der Waals surface area contributed by atoms with Crippen LogP contribution < -0.4 is 15.4 Å². The van der Waals surface area contributed by atoms with E-state index in [4.69, 9.17) is 17.0 Å². The quantitative estimate of drug-likeness (QED) is 0.477. The summed E-state index contributed by atoms with van der Waals surface area (Å²) >= 11 is 5.41. The standard InChI is InChI=1S/C27H35N3O3S/c1-19(2)17-18-33-24-16-10-8-14-22(24)25(31)29-27(34)28-23-15-9-7-13-21(23)26(32)30(3)20-11-5-4-6-12-20/h7-10,13-16,19-20H,4-6,11-12,17-18H2,1-3H3,(H2,28,29,31,34). The average Bonchev–Trinajstić information content (AvgIpc) is 2.84. The molecule has 0 atom stereocenters. The number of para-hydroxylation sites is 2. The SMILES string of the molecule is CC(C)CCOc1ccccc1C(=O)NC(=S)Nc1ccccc1C(=O)N(C)C1CCCCC1. The lowest BCUT2D eigenvalue weighted by atomic mass is 9.94. The third-order valence-corrected chi connectivity index (χ3v) is 6.36. The maximum absolute atomic E-state index is 13.2. The molecule has 0 aliphatic heterocycles. The van der Waals surface area contributed by atoms with E-state index in [1.165, 1.54) is 6.42 Å². The molecule has 6 nitrogen and oxygen atoms in total. The Morgan fingerprint density at radius 3 is 2.38 bits per heavy atom. The highest BCUT2D eigenvalue weighted by Crippen LogP contribution is 2.25. The van der Waals surface area contributed by atoms with Gasteiger partial charge in [-0.2, -0.15) is 0 Å². The van der Waals surface area contributed by atoms with Gasteiger partial charge in [-0.1, -0.05) is 57.4 Å². The normalized spacial score (nSPS) is 13.9. The van der Waals surface area contributed by atoms with Crippen LogP contribution in [0.25, 0.3) is 0 Å². The summed E-state index contributed by atoms with van der Waals surface area (Å²) in [6, 6.07) is 14.6. The van der Waals surface area contributed by atoms with Crippen LogP contribution in [0.15, 0.2) is 48.5 Å². The van der Waals surface area contributed by atoms with Gasteiger partial charge in [-0.3, -0.25) is 14.9 Å². The van der Waals surface area contributed by atoms with Crippen molar-refractivity contribution in [1.29, 1.82) is 0 Å². The molecule has 2 amide bonds. The smallest absolute Gasteiger partial charge is 0.261 e. The van der Waals surface area contributed by atoms with E-state index < -0.39 is 0 Å². The van der Waals surface area contributed by atoms with Crippen LogP contribution in [0.3, 0.4) is 0 Å². The molecular weight excluding hydrogens is 446 g/mol. The largest absolute Gasteiger partial charge is 0.493 e. The van der Waals surface area contributed by atoms with E-state index in [1.807, 2.05) is 30.1 Å². The van der Waals surface area contributed by atoms with E-state index in [0.29, 0.717) is 35.1 Å². The Morgan fingerprint density at radius 2 is 1.68 bits per heavy atom. The first-order valence-corrected chi connectivity index (χ1v) is 12.5. The van der Waals surface area contributed by atoms with E-state index in [9.17, 15) is 9.59 Å². The number of hydrogen-bond acceptors (Lipinski definition) is 4. The number of nitrogens with one attached hydrogen (secondary N) is 2. The fourth-order valence-electron chi connectivity index (χ4n) is 4.11. The van der Waals surface area contributed by atoms with Crippen LogP contribution in [0, 0.1) is 5.92 Å². The Hall–Kier alpha value is -2.93. The first-order chi connectivity index (χ1) is 16.4. The molecule has 1 saturated carbocycles. The van der Waals surface area contributed by atoms with Crippen LogP contribution in [0.1, 0.15) is 73.1 Å². The van der Waals surface area contributed by atoms with Crippen molar-refractivity contribution in [2.24, 2.45) is 5.92 Å². The van der Waals surface area contributed by atoms with Gasteiger partial charge in [0.25, 0.3) is 11.8 Å². The highest BCUT2D eigenvalue weighted by molar-refractivity contribution is 7.80. The molecule has 0 bridgehead atoms. The van der Waals surface area contributed by atoms with Crippen LogP contribution in [0.2, 0.25) is 0 Å². The van der Waals surface area contributed by atoms with Gasteiger partial charge < -0.3 is 15.0 Å². The first kappa shape index (κ1) is 25.7. The topological polar surface area (TPSA) is 70.7 Å². The van der Waals surface area contributed by atoms with Gasteiger partial charge in [0.15, 0.2) is 5.11 Å². The molecule has 2 aromatic carbocycles. The zero-order chi connectivity index (χ0) is 24.5. The molecule has 0 unspecified atom stereocenters. The Bertz CT molecular complexity index is 1000. The van der Waals surface area contributed by atoms with E-state index in [0.717, 1.165) is 32.1 Å². The van der Waals surface area contributed by atoms with Crippen molar-refractivity contribution < 1.29 is 14.3 Å². The van der Waals surface area contributed by atoms with Crippen molar-refractivity contribution in [2.75, 3.05) is 19.0 Å². The summed E-state index contributed by atoms with van der Waals surface area (Å²) < 4.78 is 5.83. The third kappa shape index (κ3) is 7.03. The fraction of sp³-hybridized carbons (Fsp3) is 0.444. The number of anilines is 1. The average molecular weight is 482 g/mol. The van der Waals surface area contributed by atoms with E-state index >= 15 is 0 Å². The minimum atomic E-state index is -0.360. The van der Waals surface area contributed by atoms with Crippen LogP contribution in [0.4, 0.5) is 5.69 Å². The number of thiocarbonyl (C=S) groups is 1. The lowest BCUT2D eigenvalue weighted by Crippen LogP contribution is -2.39. The van der Waals surface area contributed by atoms with Crippen molar-refractivity contribution >= 4 is 34.8 Å². The third-order valence-electron chi connectivity index (χ3n) is 6.16. The van der Waals surface area contributed by atoms with Gasteiger partial charge in [0, 0.05) is 13.1 Å². The van der Waals surface area contributed by atoms with Crippen LogP contribution in [-0.4, -0.2) is 41.5 Å². The molecule has 1 aliphatic rings. The van der Waals surface area contributed by atoms with E-state index in [-0.39, 0.29) is 23.0 Å². The van der Waals surface area contributed by atoms with Crippen molar-refractivity contribution in [3.05, 3.63) is 59.7 Å². The van der Waals surface area contributed by atoms with Crippen LogP contribution in [0.5, 0.6) is 5.75 Å². The van der Waals surface area contributed by atoms with Crippen molar-refractivity contribution in [3.8, 4) is 5.75 Å². The summed E-state index contributed by atoms with van der Waals surface area (Å²) in [5.41, 5.74) is 1.52. The summed E-state index contributed by atoms with van der Waals surface area (Å²) in [4.78, 5) is 28.0. The number of ether oxygens (including phenoxy) is 1. The van der Waals surface area contributed by atoms with Crippen molar-refractivity contribution in [1.82, 2.24) is 10.2 Å². The Morgan fingerprint density at radius 1 is 1.03 bits per heavy atom. The maximum atomic E-state index is 13.2. The molecule has 3 rings (SSSR count). The fourth-order valence-corrected chi connectivity index (χ4v) is 4.31. The maximum Gasteiger partial charge on any atom is 0.261 e. The molecule has 0 heterocycles. The van der Waals surface area contributed by atoms with Gasteiger partial charge in [-0.25, -0.2) is 0 Å². The number of amides is 2. The number of nitrogens with zero attached hydrogens (tertiary/aromatic N) is 1. The summed E-state index contributed by atoms with van der Waals surface area (Å²) in [6.45, 7) is 4.79. The van der Waals surface area contributed by atoms with Gasteiger partial charge in [0.1, 0.15) is 5.75 Å². The lowest BCUT2D eigenvalue weighted by Gasteiger charge is -2.31. The molecule has 2 N–H and O–H groups in total. The summed E-state index contributed by atoms with van der Waals surface area (Å²) in [6.07, 6.45) is 6.50. The van der Waals surface area contributed by atoms with E-state index in [1.54, 1.807) is 30.3 Å². The lowest BCUT2D eigenvalue weighted by molar-refractivity contribution is 0.0697. The highest BCUT2D eigenvalue weighted by atomic mass is 32.1. The molecule has 7 heteroatoms. The Labute approximate surface area is 208 Å². The summed E-state index contributed by atoms with van der Waals surface area (Å²) in [5.74, 6) is 0.625. The molecular formula is C27H35N3O3S. The summed E-state index contributed by atoms with van der Waals surface area (Å²) in [5, 5.41) is 5.89. The zero-order valence-electron chi connectivity index (χ0n) is 20.3. The molecule has 0 spiro atoms. The Kier molecular flexibility index (Phi) is 9.45. The number of carbonyl (C=O) groups is 2. The van der Waals surface area contributed by atoms with Crippen molar-refractivity contribution in [3.63, 3.8) is 0 Å². The molecule has 0 aromatic heterocycles. The second-order valence-electron chi connectivity index (χ2n) is 9.19. The monoisotopic (exact) mass is 481 g/mol. The van der Waals surface area contributed by atoms with Gasteiger partial charge in [0.2, 0.25) is 0 Å². The number of hydrogen-bond donors (Lipinski definition) is 2. The molecule has 0 radical (unpaired) electrons.